The van der Waals surface area contributed by atoms with Gasteiger partial charge in [-0.1, -0.05) is 13.8 Å². The van der Waals surface area contributed by atoms with E-state index >= 15 is 0 Å². The van der Waals surface area contributed by atoms with E-state index < -0.39 is 11.4 Å². The van der Waals surface area contributed by atoms with Crippen molar-refractivity contribution in [1.29, 1.82) is 0 Å². The largest absolute Gasteiger partial charge is 0.481 e. The van der Waals surface area contributed by atoms with E-state index in [4.69, 9.17) is 0 Å². The Balaban J connectivity index is 3.26. The first-order valence-corrected chi connectivity index (χ1v) is 5.97. The summed E-state index contributed by atoms with van der Waals surface area (Å²) in [5.74, 6) is -0.763. The predicted octanol–water partition coefficient (Wildman–Crippen LogP) is 2.90. The molecule has 0 bridgehead atoms. The van der Waals surface area contributed by atoms with Crippen LogP contribution in [-0.4, -0.2) is 16.1 Å². The van der Waals surface area contributed by atoms with Crippen molar-refractivity contribution < 1.29 is 9.90 Å². The SMILES string of the molecule is CCC(CC)(C(=O)O)c1nc(C)c(C)s1. The lowest BCUT2D eigenvalue weighted by molar-refractivity contribution is -0.144. The Hall–Kier alpha value is -0.900. The van der Waals surface area contributed by atoms with E-state index in [9.17, 15) is 9.90 Å². The van der Waals surface area contributed by atoms with Crippen molar-refractivity contribution in [1.82, 2.24) is 4.98 Å². The second kappa shape index (κ2) is 4.31. The molecular formula is C11H17NO2S. The zero-order chi connectivity index (χ0) is 11.6. The minimum absolute atomic E-state index is 0.589. The third-order valence-electron chi connectivity index (χ3n) is 3.05. The Morgan fingerprint density at radius 2 is 1.93 bits per heavy atom. The summed E-state index contributed by atoms with van der Waals surface area (Å²) in [5.41, 5.74) is 0.159. The van der Waals surface area contributed by atoms with Crippen LogP contribution in [0.2, 0.25) is 0 Å². The van der Waals surface area contributed by atoms with Crippen LogP contribution >= 0.6 is 11.3 Å². The number of carbonyl (C=O) groups is 1. The predicted molar refractivity (Wildman–Crippen MR) is 61.5 cm³/mol. The van der Waals surface area contributed by atoms with Crippen molar-refractivity contribution in [2.45, 2.75) is 46.0 Å². The molecule has 0 saturated carbocycles. The normalized spacial score (nSPS) is 11.7. The molecule has 84 valence electrons. The molecule has 0 atom stereocenters. The number of carboxylic acid groups (broad SMARTS) is 1. The fourth-order valence-corrected chi connectivity index (χ4v) is 2.86. The molecule has 0 unspecified atom stereocenters. The highest BCUT2D eigenvalue weighted by Crippen LogP contribution is 2.35. The molecule has 0 aliphatic heterocycles. The molecule has 0 aliphatic carbocycles. The van der Waals surface area contributed by atoms with Gasteiger partial charge in [-0.15, -0.1) is 11.3 Å². The average molecular weight is 227 g/mol. The van der Waals surface area contributed by atoms with Crippen LogP contribution in [0.15, 0.2) is 0 Å². The molecule has 0 aliphatic rings. The van der Waals surface area contributed by atoms with Crippen LogP contribution < -0.4 is 0 Å². The molecular weight excluding hydrogens is 210 g/mol. The number of nitrogens with zero attached hydrogens (tertiary/aromatic N) is 1. The van der Waals surface area contributed by atoms with Gasteiger partial charge in [0.2, 0.25) is 0 Å². The number of hydrogen-bond donors (Lipinski definition) is 1. The molecule has 0 radical (unpaired) electrons. The van der Waals surface area contributed by atoms with Crippen LogP contribution in [0.5, 0.6) is 0 Å². The Labute approximate surface area is 94.2 Å². The quantitative estimate of drug-likeness (QED) is 0.860. The molecule has 1 aromatic heterocycles. The summed E-state index contributed by atoms with van der Waals surface area (Å²) in [6.45, 7) is 7.72. The second-order valence-corrected chi connectivity index (χ2v) is 4.96. The van der Waals surface area contributed by atoms with Crippen LogP contribution in [0.1, 0.15) is 42.3 Å². The molecule has 1 heterocycles. The molecule has 0 fully saturated rings. The first-order chi connectivity index (χ1) is 6.97. The highest BCUT2D eigenvalue weighted by atomic mass is 32.1. The van der Waals surface area contributed by atoms with Crippen molar-refractivity contribution in [3.8, 4) is 0 Å². The van der Waals surface area contributed by atoms with Gasteiger partial charge >= 0.3 is 5.97 Å². The number of aromatic nitrogens is 1. The Bertz CT molecular complexity index is 347. The van der Waals surface area contributed by atoms with Crippen LogP contribution in [0, 0.1) is 13.8 Å². The van der Waals surface area contributed by atoms with E-state index in [1.54, 1.807) is 0 Å². The standard InChI is InChI=1S/C11H17NO2S/c1-5-11(6-2,10(13)14)9-12-7(3)8(4)15-9/h5-6H2,1-4H3,(H,13,14). The highest BCUT2D eigenvalue weighted by Gasteiger charge is 2.39. The molecule has 0 amide bonds. The van der Waals surface area contributed by atoms with Crippen molar-refractivity contribution in [3.63, 3.8) is 0 Å². The van der Waals surface area contributed by atoms with Crippen molar-refractivity contribution >= 4 is 17.3 Å². The maximum atomic E-state index is 11.4. The molecule has 4 heteroatoms. The topological polar surface area (TPSA) is 50.2 Å². The first-order valence-electron chi connectivity index (χ1n) is 5.15. The zero-order valence-electron chi connectivity index (χ0n) is 9.63. The van der Waals surface area contributed by atoms with Gasteiger partial charge in [-0.2, -0.15) is 0 Å². The zero-order valence-corrected chi connectivity index (χ0v) is 10.4. The van der Waals surface area contributed by atoms with Crippen LogP contribution in [-0.2, 0) is 10.2 Å². The minimum atomic E-state index is -0.788. The number of thiazole rings is 1. The molecule has 1 N–H and O–H groups in total. The maximum absolute atomic E-state index is 11.4. The van der Waals surface area contributed by atoms with Gasteiger partial charge in [0.15, 0.2) is 0 Å². The van der Waals surface area contributed by atoms with Gasteiger partial charge in [0.1, 0.15) is 10.4 Å². The molecule has 0 saturated heterocycles. The summed E-state index contributed by atoms with van der Waals surface area (Å²) in [4.78, 5) is 16.9. The highest BCUT2D eigenvalue weighted by molar-refractivity contribution is 7.12. The molecule has 3 nitrogen and oxygen atoms in total. The van der Waals surface area contributed by atoms with Crippen molar-refractivity contribution in [2.75, 3.05) is 0 Å². The van der Waals surface area contributed by atoms with E-state index in [2.05, 4.69) is 4.98 Å². The van der Waals surface area contributed by atoms with E-state index in [1.165, 1.54) is 11.3 Å². The maximum Gasteiger partial charge on any atom is 0.316 e. The van der Waals surface area contributed by atoms with Crippen LogP contribution in [0.3, 0.4) is 0 Å². The summed E-state index contributed by atoms with van der Waals surface area (Å²) in [7, 11) is 0. The van der Waals surface area contributed by atoms with Gasteiger partial charge in [0.05, 0.1) is 5.69 Å². The van der Waals surface area contributed by atoms with Crippen LogP contribution in [0.4, 0.5) is 0 Å². The summed E-state index contributed by atoms with van der Waals surface area (Å²) < 4.78 is 0. The summed E-state index contributed by atoms with van der Waals surface area (Å²) in [5, 5.41) is 10.1. The second-order valence-electron chi connectivity index (χ2n) is 3.75. The molecule has 0 aromatic carbocycles. The van der Waals surface area contributed by atoms with E-state index in [0.29, 0.717) is 12.8 Å². The Morgan fingerprint density at radius 1 is 1.40 bits per heavy atom. The third-order valence-corrected chi connectivity index (χ3v) is 4.33. The first kappa shape index (κ1) is 12.2. The van der Waals surface area contributed by atoms with Crippen LogP contribution in [0.25, 0.3) is 0 Å². The lowest BCUT2D eigenvalue weighted by Crippen LogP contribution is -2.34. The summed E-state index contributed by atoms with van der Waals surface area (Å²) >= 11 is 1.51. The Morgan fingerprint density at radius 3 is 2.20 bits per heavy atom. The van der Waals surface area contributed by atoms with Gasteiger partial charge in [-0.25, -0.2) is 4.98 Å². The number of aryl methyl sites for hydroxylation is 2. The van der Waals surface area contributed by atoms with Gasteiger partial charge in [0, 0.05) is 4.88 Å². The summed E-state index contributed by atoms with van der Waals surface area (Å²) in [6.07, 6.45) is 1.18. The monoisotopic (exact) mass is 227 g/mol. The minimum Gasteiger partial charge on any atom is -0.481 e. The number of aliphatic carboxylic acids is 1. The lowest BCUT2D eigenvalue weighted by Gasteiger charge is -2.23. The molecule has 1 rings (SSSR count). The lowest BCUT2D eigenvalue weighted by atomic mass is 9.83. The van der Waals surface area contributed by atoms with Gasteiger partial charge in [-0.05, 0) is 26.7 Å². The molecule has 15 heavy (non-hydrogen) atoms. The fraction of sp³-hybridized carbons (Fsp3) is 0.636. The van der Waals surface area contributed by atoms with E-state index in [-0.39, 0.29) is 0 Å². The molecule has 0 spiro atoms. The van der Waals surface area contributed by atoms with Crippen molar-refractivity contribution in [3.05, 3.63) is 15.6 Å². The number of rotatable bonds is 4. The van der Waals surface area contributed by atoms with Crippen molar-refractivity contribution in [2.24, 2.45) is 0 Å². The fourth-order valence-electron chi connectivity index (χ4n) is 1.62. The summed E-state index contributed by atoms with van der Waals surface area (Å²) in [6, 6.07) is 0. The Kier molecular flexibility index (Phi) is 3.50. The number of carboxylic acids is 1. The van der Waals surface area contributed by atoms with E-state index in [1.807, 2.05) is 27.7 Å². The van der Waals surface area contributed by atoms with Gasteiger partial charge in [0.25, 0.3) is 0 Å². The van der Waals surface area contributed by atoms with E-state index in [0.717, 1.165) is 15.6 Å². The molecule has 1 aromatic rings. The van der Waals surface area contributed by atoms with Gasteiger partial charge < -0.3 is 5.11 Å². The average Bonchev–Trinajstić information content (AvgIpc) is 2.50. The smallest absolute Gasteiger partial charge is 0.316 e. The van der Waals surface area contributed by atoms with Gasteiger partial charge in [-0.3, -0.25) is 4.79 Å². The third kappa shape index (κ3) is 1.91. The number of hydrogen-bond acceptors (Lipinski definition) is 3.